The Morgan fingerprint density at radius 2 is 1.74 bits per heavy atom. The summed E-state index contributed by atoms with van der Waals surface area (Å²) < 4.78 is 0.685. The Labute approximate surface area is 186 Å². The van der Waals surface area contributed by atoms with E-state index < -0.39 is 0 Å². The number of nitrogens with zero attached hydrogens (tertiary/aromatic N) is 4. The molecule has 2 aromatic rings. The molecule has 8 heteroatoms. The number of piperidine rings is 1. The van der Waals surface area contributed by atoms with Crippen molar-refractivity contribution in [3.63, 3.8) is 0 Å². The van der Waals surface area contributed by atoms with Crippen LogP contribution < -0.4 is 4.73 Å². The van der Waals surface area contributed by atoms with Crippen LogP contribution in [0.15, 0.2) is 42.0 Å². The average Bonchev–Trinajstić information content (AvgIpc) is 3.23. The molecule has 164 valence electrons. The molecule has 1 aliphatic carbocycles. The lowest BCUT2D eigenvalue weighted by Gasteiger charge is -2.36. The zero-order valence-corrected chi connectivity index (χ0v) is 18.4. The molecule has 1 saturated carbocycles. The quantitative estimate of drug-likeness (QED) is 0.538. The van der Waals surface area contributed by atoms with Crippen LogP contribution in [0.4, 0.5) is 0 Å². The first kappa shape index (κ1) is 20.5. The van der Waals surface area contributed by atoms with E-state index in [1.807, 2.05) is 4.90 Å². The SMILES string of the molecule is O=C(c1cc[n+]([O-])cc1)N1CCC2(CC1)CC2C(=O)N1CCN(Cc2cccs2)CC1. The van der Waals surface area contributed by atoms with Crippen LogP contribution in [-0.2, 0) is 11.3 Å². The number of hydrogen-bond donors (Lipinski definition) is 0. The van der Waals surface area contributed by atoms with Gasteiger partial charge in [0, 0.05) is 68.7 Å². The van der Waals surface area contributed by atoms with E-state index in [4.69, 9.17) is 0 Å². The van der Waals surface area contributed by atoms with E-state index in [1.54, 1.807) is 23.5 Å². The maximum atomic E-state index is 13.1. The Bertz CT molecular complexity index is 930. The number of carbonyl (C=O) groups is 2. The summed E-state index contributed by atoms with van der Waals surface area (Å²) >= 11 is 1.79. The summed E-state index contributed by atoms with van der Waals surface area (Å²) in [5.41, 5.74) is 0.642. The molecule has 0 bridgehead atoms. The molecule has 2 aliphatic heterocycles. The first-order chi connectivity index (χ1) is 15.0. The third-order valence-electron chi connectivity index (χ3n) is 7.23. The molecule has 4 heterocycles. The number of amides is 2. The summed E-state index contributed by atoms with van der Waals surface area (Å²) in [6, 6.07) is 7.40. The fraction of sp³-hybridized carbons (Fsp3) is 0.522. The van der Waals surface area contributed by atoms with Crippen LogP contribution in [0.3, 0.4) is 0 Å². The Morgan fingerprint density at radius 1 is 1.03 bits per heavy atom. The summed E-state index contributed by atoms with van der Waals surface area (Å²) in [6.07, 6.45) is 5.46. The normalized spacial score (nSPS) is 23.2. The summed E-state index contributed by atoms with van der Waals surface area (Å²) in [5, 5.41) is 13.3. The molecule has 0 N–H and O–H groups in total. The van der Waals surface area contributed by atoms with Crippen LogP contribution in [-0.4, -0.2) is 65.8 Å². The highest BCUT2D eigenvalue weighted by Crippen LogP contribution is 2.60. The van der Waals surface area contributed by atoms with Crippen molar-refractivity contribution >= 4 is 23.2 Å². The van der Waals surface area contributed by atoms with E-state index in [0.717, 1.165) is 52.0 Å². The molecular formula is C23H28N4O3S. The molecule has 2 amide bonds. The van der Waals surface area contributed by atoms with Crippen molar-refractivity contribution in [2.75, 3.05) is 39.3 Å². The van der Waals surface area contributed by atoms with Crippen LogP contribution in [0.2, 0.25) is 0 Å². The van der Waals surface area contributed by atoms with E-state index in [0.29, 0.717) is 29.3 Å². The maximum Gasteiger partial charge on any atom is 0.254 e. The molecule has 0 aromatic carbocycles. The summed E-state index contributed by atoms with van der Waals surface area (Å²) in [7, 11) is 0. The number of aromatic nitrogens is 1. The third kappa shape index (κ3) is 4.19. The van der Waals surface area contributed by atoms with Crippen molar-refractivity contribution in [1.82, 2.24) is 14.7 Å². The van der Waals surface area contributed by atoms with Crippen molar-refractivity contribution < 1.29 is 14.3 Å². The smallest absolute Gasteiger partial charge is 0.254 e. The van der Waals surface area contributed by atoms with Gasteiger partial charge in [0.15, 0.2) is 12.4 Å². The van der Waals surface area contributed by atoms with Gasteiger partial charge in [0.25, 0.3) is 5.91 Å². The van der Waals surface area contributed by atoms with Gasteiger partial charge in [-0.1, -0.05) is 6.07 Å². The lowest BCUT2D eigenvalue weighted by Crippen LogP contribution is -2.49. The predicted octanol–water partition coefficient (Wildman–Crippen LogP) is 1.97. The molecule has 1 atom stereocenters. The molecule has 3 aliphatic rings. The van der Waals surface area contributed by atoms with Crippen LogP contribution in [0.1, 0.15) is 34.5 Å². The van der Waals surface area contributed by atoms with E-state index in [2.05, 4.69) is 27.3 Å². The third-order valence-corrected chi connectivity index (χ3v) is 8.09. The Balaban J connectivity index is 1.10. The highest BCUT2D eigenvalue weighted by atomic mass is 32.1. The number of pyridine rings is 1. The maximum absolute atomic E-state index is 13.1. The average molecular weight is 441 g/mol. The van der Waals surface area contributed by atoms with Gasteiger partial charge in [-0.15, -0.1) is 11.3 Å². The predicted molar refractivity (Wildman–Crippen MR) is 117 cm³/mol. The summed E-state index contributed by atoms with van der Waals surface area (Å²) in [5.74, 6) is 0.421. The van der Waals surface area contributed by atoms with E-state index in [1.165, 1.54) is 17.3 Å². The van der Waals surface area contributed by atoms with Crippen LogP contribution in [0.5, 0.6) is 0 Å². The number of likely N-dealkylation sites (tertiary alicyclic amines) is 1. The molecule has 3 fully saturated rings. The highest BCUT2D eigenvalue weighted by molar-refractivity contribution is 7.09. The topological polar surface area (TPSA) is 70.8 Å². The molecule has 7 nitrogen and oxygen atoms in total. The number of thiophene rings is 1. The Kier molecular flexibility index (Phi) is 5.44. The second-order valence-corrected chi connectivity index (χ2v) is 10.1. The summed E-state index contributed by atoms with van der Waals surface area (Å²) in [6.45, 7) is 5.85. The Morgan fingerprint density at radius 3 is 2.39 bits per heavy atom. The zero-order chi connectivity index (χ0) is 21.4. The molecule has 2 aromatic heterocycles. The molecule has 5 rings (SSSR count). The first-order valence-corrected chi connectivity index (χ1v) is 11.9. The lowest BCUT2D eigenvalue weighted by molar-refractivity contribution is -0.605. The fourth-order valence-electron chi connectivity index (χ4n) is 5.11. The van der Waals surface area contributed by atoms with Gasteiger partial charge >= 0.3 is 0 Å². The summed E-state index contributed by atoms with van der Waals surface area (Å²) in [4.78, 5) is 33.5. The van der Waals surface area contributed by atoms with Crippen LogP contribution in [0.25, 0.3) is 0 Å². The molecule has 31 heavy (non-hydrogen) atoms. The second-order valence-electron chi connectivity index (χ2n) is 9.04. The van der Waals surface area contributed by atoms with E-state index >= 15 is 0 Å². The largest absolute Gasteiger partial charge is 0.619 e. The van der Waals surface area contributed by atoms with Gasteiger partial charge in [-0.25, -0.2) is 0 Å². The number of carbonyl (C=O) groups excluding carboxylic acids is 2. The van der Waals surface area contributed by atoms with Crippen molar-refractivity contribution in [1.29, 1.82) is 0 Å². The van der Waals surface area contributed by atoms with Crippen molar-refractivity contribution in [2.45, 2.75) is 25.8 Å². The van der Waals surface area contributed by atoms with Crippen molar-refractivity contribution in [2.24, 2.45) is 11.3 Å². The molecule has 1 unspecified atom stereocenters. The minimum absolute atomic E-state index is 0.0270. The van der Waals surface area contributed by atoms with Gasteiger partial charge in [0.1, 0.15) is 0 Å². The molecule has 0 radical (unpaired) electrons. The Hall–Kier alpha value is -2.45. The lowest BCUT2D eigenvalue weighted by atomic mass is 9.90. The molecule has 2 saturated heterocycles. The van der Waals surface area contributed by atoms with E-state index in [9.17, 15) is 14.8 Å². The first-order valence-electron chi connectivity index (χ1n) is 11.1. The van der Waals surface area contributed by atoms with Gasteiger partial charge < -0.3 is 15.0 Å². The van der Waals surface area contributed by atoms with Gasteiger partial charge in [-0.05, 0) is 36.1 Å². The van der Waals surface area contributed by atoms with Crippen LogP contribution in [0, 0.1) is 16.5 Å². The fourth-order valence-corrected chi connectivity index (χ4v) is 5.86. The van der Waals surface area contributed by atoms with Crippen molar-refractivity contribution in [3.05, 3.63) is 57.7 Å². The van der Waals surface area contributed by atoms with Gasteiger partial charge in [0.05, 0.1) is 5.56 Å². The van der Waals surface area contributed by atoms with Gasteiger partial charge in [-0.2, -0.15) is 4.73 Å². The monoisotopic (exact) mass is 440 g/mol. The molecular weight excluding hydrogens is 412 g/mol. The van der Waals surface area contributed by atoms with Gasteiger partial charge in [-0.3, -0.25) is 14.5 Å². The number of hydrogen-bond acceptors (Lipinski definition) is 5. The number of rotatable bonds is 4. The zero-order valence-electron chi connectivity index (χ0n) is 17.6. The standard InChI is InChI=1S/C23H28N4O3S/c28-21(18-3-7-27(30)8-4-18)25-9-5-23(6-10-25)16-20(23)22(29)26-13-11-24(12-14-26)17-19-2-1-15-31-19/h1-4,7-8,15,20H,5-6,9-14,16-17H2. The minimum atomic E-state index is -0.0270. The van der Waals surface area contributed by atoms with E-state index in [-0.39, 0.29) is 17.2 Å². The minimum Gasteiger partial charge on any atom is -0.619 e. The van der Waals surface area contributed by atoms with Gasteiger partial charge in [0.2, 0.25) is 5.91 Å². The van der Waals surface area contributed by atoms with Crippen LogP contribution >= 0.6 is 11.3 Å². The molecule has 1 spiro atoms. The van der Waals surface area contributed by atoms with Crippen molar-refractivity contribution in [3.8, 4) is 0 Å². The highest BCUT2D eigenvalue weighted by Gasteiger charge is 2.59. The second kappa shape index (κ2) is 8.24. The number of piperazine rings is 1.